The van der Waals surface area contributed by atoms with Gasteiger partial charge in [0, 0.05) is 28.3 Å². The Morgan fingerprint density at radius 3 is 2.50 bits per heavy atom. The molecule has 110 valence electrons. The SMILES string of the molecule is CCN(CC)C1CCN(C(=O)c2cccc(I)c2)CC1. The maximum Gasteiger partial charge on any atom is 0.253 e. The van der Waals surface area contributed by atoms with E-state index in [9.17, 15) is 4.79 Å². The number of likely N-dealkylation sites (tertiary alicyclic amines) is 1. The Morgan fingerprint density at radius 1 is 1.30 bits per heavy atom. The highest BCUT2D eigenvalue weighted by molar-refractivity contribution is 14.1. The Kier molecular flexibility index (Phi) is 5.84. The first-order valence-corrected chi connectivity index (χ1v) is 8.52. The Morgan fingerprint density at radius 2 is 1.95 bits per heavy atom. The molecule has 1 aliphatic heterocycles. The zero-order valence-corrected chi connectivity index (χ0v) is 14.5. The summed E-state index contributed by atoms with van der Waals surface area (Å²) in [6.07, 6.45) is 2.19. The molecular formula is C16H23IN2O. The third-order valence-electron chi connectivity index (χ3n) is 4.15. The zero-order chi connectivity index (χ0) is 14.5. The van der Waals surface area contributed by atoms with Gasteiger partial charge in [-0.25, -0.2) is 0 Å². The monoisotopic (exact) mass is 386 g/mol. The molecule has 20 heavy (non-hydrogen) atoms. The molecule has 1 aromatic rings. The molecule has 4 heteroatoms. The highest BCUT2D eigenvalue weighted by atomic mass is 127. The van der Waals surface area contributed by atoms with Crippen molar-refractivity contribution in [3.05, 3.63) is 33.4 Å². The highest BCUT2D eigenvalue weighted by Crippen LogP contribution is 2.19. The van der Waals surface area contributed by atoms with Gasteiger partial charge in [0.05, 0.1) is 0 Å². The molecule has 1 saturated heterocycles. The van der Waals surface area contributed by atoms with Gasteiger partial charge in [0.15, 0.2) is 0 Å². The lowest BCUT2D eigenvalue weighted by Crippen LogP contribution is -2.46. The van der Waals surface area contributed by atoms with Gasteiger partial charge in [-0.2, -0.15) is 0 Å². The van der Waals surface area contributed by atoms with E-state index in [0.717, 1.165) is 48.2 Å². The number of hydrogen-bond donors (Lipinski definition) is 0. The molecule has 1 heterocycles. The van der Waals surface area contributed by atoms with Gasteiger partial charge in [0.25, 0.3) is 5.91 Å². The molecule has 1 aliphatic rings. The van der Waals surface area contributed by atoms with Crippen molar-refractivity contribution >= 4 is 28.5 Å². The van der Waals surface area contributed by atoms with Gasteiger partial charge in [-0.05, 0) is 66.7 Å². The van der Waals surface area contributed by atoms with Crippen molar-refractivity contribution in [3.8, 4) is 0 Å². The van der Waals surface area contributed by atoms with Gasteiger partial charge in [-0.3, -0.25) is 4.79 Å². The van der Waals surface area contributed by atoms with E-state index in [-0.39, 0.29) is 5.91 Å². The third kappa shape index (κ3) is 3.73. The molecule has 1 fully saturated rings. The summed E-state index contributed by atoms with van der Waals surface area (Å²) in [5, 5.41) is 0. The molecule has 0 spiro atoms. The molecule has 3 nitrogen and oxygen atoms in total. The molecule has 0 saturated carbocycles. The van der Waals surface area contributed by atoms with Crippen molar-refractivity contribution in [1.82, 2.24) is 9.80 Å². The molecule has 0 atom stereocenters. The van der Waals surface area contributed by atoms with Gasteiger partial charge in [-0.15, -0.1) is 0 Å². The van der Waals surface area contributed by atoms with Crippen molar-refractivity contribution in [2.75, 3.05) is 26.2 Å². The minimum absolute atomic E-state index is 0.182. The van der Waals surface area contributed by atoms with Crippen molar-refractivity contribution in [3.63, 3.8) is 0 Å². The lowest BCUT2D eigenvalue weighted by molar-refractivity contribution is 0.0631. The van der Waals surface area contributed by atoms with Crippen molar-refractivity contribution in [2.45, 2.75) is 32.7 Å². The Bertz CT molecular complexity index is 452. The summed E-state index contributed by atoms with van der Waals surface area (Å²) < 4.78 is 1.12. The number of carbonyl (C=O) groups is 1. The van der Waals surface area contributed by atoms with Crippen LogP contribution in [0.4, 0.5) is 0 Å². The van der Waals surface area contributed by atoms with Crippen LogP contribution in [0.3, 0.4) is 0 Å². The second kappa shape index (κ2) is 7.41. The van der Waals surface area contributed by atoms with Crippen molar-refractivity contribution < 1.29 is 4.79 Å². The van der Waals surface area contributed by atoms with Crippen LogP contribution in [-0.2, 0) is 0 Å². The average Bonchev–Trinajstić information content (AvgIpc) is 2.48. The lowest BCUT2D eigenvalue weighted by atomic mass is 10.0. The number of rotatable bonds is 4. The van der Waals surface area contributed by atoms with Crippen LogP contribution >= 0.6 is 22.6 Å². The fourth-order valence-electron chi connectivity index (χ4n) is 2.98. The molecule has 0 aromatic heterocycles. The Hall–Kier alpha value is -0.620. The number of halogens is 1. The third-order valence-corrected chi connectivity index (χ3v) is 4.82. The predicted octanol–water partition coefficient (Wildman–Crippen LogP) is 3.24. The first kappa shape index (κ1) is 15.8. The van der Waals surface area contributed by atoms with Gasteiger partial charge < -0.3 is 9.80 Å². The van der Waals surface area contributed by atoms with Gasteiger partial charge in [0.2, 0.25) is 0 Å². The van der Waals surface area contributed by atoms with Crippen molar-refractivity contribution in [1.29, 1.82) is 0 Å². The summed E-state index contributed by atoms with van der Waals surface area (Å²) in [5.74, 6) is 0.182. The maximum absolute atomic E-state index is 12.5. The smallest absolute Gasteiger partial charge is 0.253 e. The van der Waals surface area contributed by atoms with E-state index in [0.29, 0.717) is 6.04 Å². The van der Waals surface area contributed by atoms with Crippen molar-refractivity contribution in [2.24, 2.45) is 0 Å². The lowest BCUT2D eigenvalue weighted by Gasteiger charge is -2.37. The minimum Gasteiger partial charge on any atom is -0.339 e. The van der Waals surface area contributed by atoms with Gasteiger partial charge in [-0.1, -0.05) is 19.9 Å². The number of carbonyl (C=O) groups excluding carboxylic acids is 1. The van der Waals surface area contributed by atoms with E-state index < -0.39 is 0 Å². The topological polar surface area (TPSA) is 23.6 Å². The summed E-state index contributed by atoms with van der Waals surface area (Å²) in [7, 11) is 0. The van der Waals surface area contributed by atoms with E-state index >= 15 is 0 Å². The van der Waals surface area contributed by atoms with Crippen LogP contribution in [0.15, 0.2) is 24.3 Å². The molecule has 0 N–H and O–H groups in total. The van der Waals surface area contributed by atoms with E-state index in [1.54, 1.807) is 0 Å². The number of piperidine rings is 1. The van der Waals surface area contributed by atoms with E-state index in [4.69, 9.17) is 0 Å². The molecule has 0 aliphatic carbocycles. The molecule has 1 aromatic carbocycles. The van der Waals surface area contributed by atoms with Crippen LogP contribution in [0.1, 0.15) is 37.0 Å². The van der Waals surface area contributed by atoms with E-state index in [1.807, 2.05) is 29.2 Å². The largest absolute Gasteiger partial charge is 0.339 e. The van der Waals surface area contributed by atoms with Crippen LogP contribution in [0.5, 0.6) is 0 Å². The summed E-state index contributed by atoms with van der Waals surface area (Å²) in [5.41, 5.74) is 0.818. The minimum atomic E-state index is 0.182. The standard InChI is InChI=1S/C16H23IN2O/c1-3-18(4-2)15-8-10-19(11-9-15)16(20)13-6-5-7-14(17)12-13/h5-7,12,15H,3-4,8-11H2,1-2H3. The van der Waals surface area contributed by atoms with Gasteiger partial charge >= 0.3 is 0 Å². The molecule has 0 unspecified atom stereocenters. The molecule has 0 radical (unpaired) electrons. The predicted molar refractivity (Wildman–Crippen MR) is 91.0 cm³/mol. The molecular weight excluding hydrogens is 363 g/mol. The first-order chi connectivity index (χ1) is 9.65. The molecule has 1 amide bonds. The number of hydrogen-bond acceptors (Lipinski definition) is 2. The van der Waals surface area contributed by atoms with Crippen LogP contribution in [0.25, 0.3) is 0 Å². The van der Waals surface area contributed by atoms with Crippen LogP contribution in [0.2, 0.25) is 0 Å². The highest BCUT2D eigenvalue weighted by Gasteiger charge is 2.26. The number of nitrogens with zero attached hydrogens (tertiary/aromatic N) is 2. The quantitative estimate of drug-likeness (QED) is 0.742. The Balaban J connectivity index is 1.95. The summed E-state index contributed by atoms with van der Waals surface area (Å²) >= 11 is 2.25. The van der Waals surface area contributed by atoms with E-state index in [1.165, 1.54) is 0 Å². The normalized spacial score (nSPS) is 16.7. The summed E-state index contributed by atoms with van der Waals surface area (Å²) in [6, 6.07) is 8.51. The summed E-state index contributed by atoms with van der Waals surface area (Å²) in [6.45, 7) is 8.40. The first-order valence-electron chi connectivity index (χ1n) is 7.44. The second-order valence-electron chi connectivity index (χ2n) is 5.25. The van der Waals surface area contributed by atoms with Crippen LogP contribution < -0.4 is 0 Å². The average molecular weight is 386 g/mol. The fraction of sp³-hybridized carbons (Fsp3) is 0.562. The zero-order valence-electron chi connectivity index (χ0n) is 12.3. The fourth-order valence-corrected chi connectivity index (χ4v) is 3.52. The van der Waals surface area contributed by atoms with Gasteiger partial charge in [0.1, 0.15) is 0 Å². The number of benzene rings is 1. The number of amides is 1. The van der Waals surface area contributed by atoms with Crippen LogP contribution in [0, 0.1) is 3.57 Å². The van der Waals surface area contributed by atoms with E-state index in [2.05, 4.69) is 41.3 Å². The maximum atomic E-state index is 12.5. The molecule has 0 bridgehead atoms. The molecule has 2 rings (SSSR count). The van der Waals surface area contributed by atoms with Crippen LogP contribution in [-0.4, -0.2) is 47.9 Å². The summed E-state index contributed by atoms with van der Waals surface area (Å²) in [4.78, 5) is 17.0. The Labute approximate surface area is 135 Å². The second-order valence-corrected chi connectivity index (χ2v) is 6.50.